The van der Waals surface area contributed by atoms with E-state index in [0.717, 1.165) is 11.4 Å². The van der Waals surface area contributed by atoms with Gasteiger partial charge in [-0.05, 0) is 19.1 Å². The van der Waals surface area contributed by atoms with E-state index in [1.807, 2.05) is 23.7 Å². The molecule has 7 heteroatoms. The van der Waals surface area contributed by atoms with Gasteiger partial charge in [0.15, 0.2) is 11.0 Å². The third-order valence-corrected chi connectivity index (χ3v) is 3.39. The lowest BCUT2D eigenvalue weighted by molar-refractivity contribution is -0.139. The quantitative estimate of drug-likeness (QED) is 0.610. The first-order chi connectivity index (χ1) is 9.22. The van der Waals surface area contributed by atoms with Crippen LogP contribution in [0.3, 0.4) is 0 Å². The topological polar surface area (TPSA) is 69.9 Å². The molecule has 0 aromatic carbocycles. The minimum absolute atomic E-state index is 0.232. The molecular weight excluding hydrogens is 264 g/mol. The maximum atomic E-state index is 11.3. The van der Waals surface area contributed by atoms with E-state index in [2.05, 4.69) is 15.2 Å². The number of rotatable bonds is 5. The van der Waals surface area contributed by atoms with Crippen LogP contribution in [0.4, 0.5) is 0 Å². The molecule has 0 saturated heterocycles. The summed E-state index contributed by atoms with van der Waals surface area (Å²) in [6, 6.07) is 3.73. The second kappa shape index (κ2) is 6.33. The lowest BCUT2D eigenvalue weighted by atomic mass is 10.2. The maximum absolute atomic E-state index is 11.3. The van der Waals surface area contributed by atoms with Gasteiger partial charge >= 0.3 is 5.97 Å². The smallest absolute Gasteiger partial charge is 0.316 e. The second-order valence-electron chi connectivity index (χ2n) is 3.69. The number of hydrogen-bond acceptors (Lipinski definition) is 6. The van der Waals surface area contributed by atoms with E-state index in [1.165, 1.54) is 11.8 Å². The second-order valence-corrected chi connectivity index (χ2v) is 4.64. The highest BCUT2D eigenvalue weighted by Gasteiger charge is 2.12. The van der Waals surface area contributed by atoms with E-state index in [9.17, 15) is 4.79 Å². The number of esters is 1. The van der Waals surface area contributed by atoms with Gasteiger partial charge in [-0.3, -0.25) is 9.78 Å². The van der Waals surface area contributed by atoms with E-state index in [1.54, 1.807) is 19.3 Å². The average Bonchev–Trinajstić information content (AvgIpc) is 2.79. The zero-order chi connectivity index (χ0) is 13.7. The third kappa shape index (κ3) is 3.31. The van der Waals surface area contributed by atoms with Crippen molar-refractivity contribution in [1.29, 1.82) is 0 Å². The van der Waals surface area contributed by atoms with Crippen molar-refractivity contribution in [2.45, 2.75) is 12.1 Å². The standard InChI is InChI=1S/C12H14N4O2S/c1-3-18-10(17)8-19-12-15-14-11(16(12)2)9-4-6-13-7-5-9/h4-7H,3,8H2,1-2H3. The van der Waals surface area contributed by atoms with Crippen LogP contribution >= 0.6 is 11.8 Å². The van der Waals surface area contributed by atoms with Crippen molar-refractivity contribution in [3.63, 3.8) is 0 Å². The van der Waals surface area contributed by atoms with Crippen molar-refractivity contribution in [3.8, 4) is 11.4 Å². The monoisotopic (exact) mass is 278 g/mol. The van der Waals surface area contributed by atoms with Crippen LogP contribution in [-0.2, 0) is 16.6 Å². The minimum Gasteiger partial charge on any atom is -0.465 e. The molecule has 2 heterocycles. The summed E-state index contributed by atoms with van der Waals surface area (Å²) < 4.78 is 6.72. The highest BCUT2D eigenvalue weighted by molar-refractivity contribution is 7.99. The Kier molecular flexibility index (Phi) is 4.51. The highest BCUT2D eigenvalue weighted by Crippen LogP contribution is 2.21. The fourth-order valence-electron chi connectivity index (χ4n) is 1.52. The van der Waals surface area contributed by atoms with Crippen LogP contribution in [0.5, 0.6) is 0 Å². The molecule has 0 saturated carbocycles. The molecule has 19 heavy (non-hydrogen) atoms. The van der Waals surface area contributed by atoms with Crippen molar-refractivity contribution in [3.05, 3.63) is 24.5 Å². The molecule has 0 unspecified atom stereocenters. The summed E-state index contributed by atoms with van der Waals surface area (Å²) in [5.74, 6) is 0.727. The van der Waals surface area contributed by atoms with E-state index >= 15 is 0 Å². The minimum atomic E-state index is -0.249. The van der Waals surface area contributed by atoms with Crippen molar-refractivity contribution in [2.75, 3.05) is 12.4 Å². The number of hydrogen-bond donors (Lipinski definition) is 0. The maximum Gasteiger partial charge on any atom is 0.316 e. The summed E-state index contributed by atoms with van der Waals surface area (Å²) in [4.78, 5) is 15.3. The Labute approximate surface area is 115 Å². The number of pyridine rings is 1. The van der Waals surface area contributed by atoms with Crippen LogP contribution in [0.2, 0.25) is 0 Å². The number of aromatic nitrogens is 4. The zero-order valence-electron chi connectivity index (χ0n) is 10.7. The van der Waals surface area contributed by atoms with E-state index in [4.69, 9.17) is 4.74 Å². The van der Waals surface area contributed by atoms with Gasteiger partial charge in [-0.1, -0.05) is 11.8 Å². The van der Waals surface area contributed by atoms with Crippen LogP contribution in [0.25, 0.3) is 11.4 Å². The van der Waals surface area contributed by atoms with E-state index < -0.39 is 0 Å². The van der Waals surface area contributed by atoms with Gasteiger partial charge in [0.2, 0.25) is 0 Å². The molecule has 100 valence electrons. The molecule has 0 spiro atoms. The fraction of sp³-hybridized carbons (Fsp3) is 0.333. The van der Waals surface area contributed by atoms with E-state index in [0.29, 0.717) is 11.8 Å². The first-order valence-electron chi connectivity index (χ1n) is 5.80. The summed E-state index contributed by atoms with van der Waals surface area (Å²) in [7, 11) is 1.86. The number of nitrogens with zero attached hydrogens (tertiary/aromatic N) is 4. The van der Waals surface area contributed by atoms with Gasteiger partial charge in [0, 0.05) is 25.0 Å². The van der Waals surface area contributed by atoms with Crippen LogP contribution in [-0.4, -0.2) is 38.1 Å². The lowest BCUT2D eigenvalue weighted by Crippen LogP contribution is -2.07. The third-order valence-electron chi connectivity index (χ3n) is 2.40. The van der Waals surface area contributed by atoms with Crippen molar-refractivity contribution in [2.24, 2.45) is 7.05 Å². The Bertz CT molecular complexity index is 556. The van der Waals surface area contributed by atoms with Gasteiger partial charge in [0.1, 0.15) is 0 Å². The molecular formula is C12H14N4O2S. The van der Waals surface area contributed by atoms with Crippen molar-refractivity contribution in [1.82, 2.24) is 19.7 Å². The largest absolute Gasteiger partial charge is 0.465 e. The Hall–Kier alpha value is -1.89. The number of ether oxygens (including phenoxy) is 1. The molecule has 0 amide bonds. The first-order valence-corrected chi connectivity index (χ1v) is 6.79. The summed E-state index contributed by atoms with van der Waals surface area (Å²) in [6.07, 6.45) is 3.41. The Balaban J connectivity index is 2.09. The van der Waals surface area contributed by atoms with Gasteiger partial charge < -0.3 is 9.30 Å². The van der Waals surface area contributed by atoms with Crippen molar-refractivity contribution < 1.29 is 9.53 Å². The summed E-state index contributed by atoms with van der Waals surface area (Å²) >= 11 is 1.31. The molecule has 2 rings (SSSR count). The lowest BCUT2D eigenvalue weighted by Gasteiger charge is -2.03. The fourth-order valence-corrected chi connectivity index (χ4v) is 2.23. The molecule has 0 aliphatic rings. The summed E-state index contributed by atoms with van der Waals surface area (Å²) in [6.45, 7) is 2.17. The van der Waals surface area contributed by atoms with Crippen LogP contribution < -0.4 is 0 Å². The first kappa shape index (κ1) is 13.5. The zero-order valence-corrected chi connectivity index (χ0v) is 11.6. The van der Waals surface area contributed by atoms with Gasteiger partial charge in [0.05, 0.1) is 12.4 Å². The SMILES string of the molecule is CCOC(=O)CSc1nnc(-c2ccncc2)n1C. The molecule has 0 radical (unpaired) electrons. The number of carbonyl (C=O) groups is 1. The molecule has 0 bridgehead atoms. The molecule has 0 fully saturated rings. The summed E-state index contributed by atoms with van der Waals surface area (Å²) in [5.41, 5.74) is 0.938. The Morgan fingerprint density at radius 3 is 2.79 bits per heavy atom. The predicted octanol–water partition coefficient (Wildman–Crippen LogP) is 1.53. The van der Waals surface area contributed by atoms with Crippen LogP contribution in [0.1, 0.15) is 6.92 Å². The average molecular weight is 278 g/mol. The molecule has 0 N–H and O–H groups in total. The van der Waals surface area contributed by atoms with Gasteiger partial charge in [-0.25, -0.2) is 0 Å². The molecule has 0 atom stereocenters. The van der Waals surface area contributed by atoms with Gasteiger partial charge in [0.25, 0.3) is 0 Å². The van der Waals surface area contributed by atoms with Crippen LogP contribution in [0.15, 0.2) is 29.7 Å². The van der Waals surface area contributed by atoms with Gasteiger partial charge in [-0.2, -0.15) is 0 Å². The summed E-state index contributed by atoms with van der Waals surface area (Å²) in [5, 5.41) is 8.87. The van der Waals surface area contributed by atoms with Crippen LogP contribution in [0, 0.1) is 0 Å². The number of carbonyl (C=O) groups excluding carboxylic acids is 1. The number of thioether (sulfide) groups is 1. The van der Waals surface area contributed by atoms with E-state index in [-0.39, 0.29) is 11.7 Å². The van der Waals surface area contributed by atoms with Crippen molar-refractivity contribution >= 4 is 17.7 Å². The van der Waals surface area contributed by atoms with Gasteiger partial charge in [-0.15, -0.1) is 10.2 Å². The molecule has 0 aliphatic carbocycles. The Morgan fingerprint density at radius 2 is 2.11 bits per heavy atom. The Morgan fingerprint density at radius 1 is 1.37 bits per heavy atom. The molecule has 2 aromatic rings. The normalized spacial score (nSPS) is 10.4. The molecule has 0 aliphatic heterocycles. The highest BCUT2D eigenvalue weighted by atomic mass is 32.2. The molecule has 2 aromatic heterocycles. The predicted molar refractivity (Wildman–Crippen MR) is 71.6 cm³/mol. The molecule has 6 nitrogen and oxygen atoms in total.